The van der Waals surface area contributed by atoms with Crippen molar-refractivity contribution in [3.8, 4) is 0 Å². The minimum Gasteiger partial charge on any atom is -0.481 e. The van der Waals surface area contributed by atoms with Crippen molar-refractivity contribution in [3.63, 3.8) is 0 Å². The molecule has 1 unspecified atom stereocenters. The van der Waals surface area contributed by atoms with Gasteiger partial charge in [-0.2, -0.15) is 4.31 Å². The van der Waals surface area contributed by atoms with E-state index in [0.29, 0.717) is 0 Å². The number of carbonyl (C=O) groups is 1. The number of nitrogens with zero attached hydrogens (tertiary/aromatic N) is 4. The van der Waals surface area contributed by atoms with Crippen LogP contribution in [-0.2, 0) is 27.5 Å². The Morgan fingerprint density at radius 2 is 1.84 bits per heavy atom. The number of aliphatic carboxylic acids is 1. The number of fused-ring (bicyclic) bond motifs is 1. The summed E-state index contributed by atoms with van der Waals surface area (Å²) in [7, 11) is -10.4. The van der Waals surface area contributed by atoms with Crippen LogP contribution in [0.25, 0.3) is 11.2 Å². The second kappa shape index (κ2) is 9.62. The van der Waals surface area contributed by atoms with Crippen LogP contribution in [0.3, 0.4) is 0 Å². The van der Waals surface area contributed by atoms with Crippen molar-refractivity contribution in [1.29, 1.82) is 0 Å². The summed E-state index contributed by atoms with van der Waals surface area (Å²) in [6.07, 6.45) is -3.20. The van der Waals surface area contributed by atoms with Crippen LogP contribution < -0.4 is 5.73 Å². The van der Waals surface area contributed by atoms with Crippen LogP contribution in [0.1, 0.15) is 13.2 Å². The molecule has 1 fully saturated rings. The number of nitrogen functional groups attached to an aromatic ring is 1. The number of carboxylic acid groups (broad SMARTS) is 1. The number of carboxylic acids is 1. The number of nitrogens with two attached hydrogens (primary N) is 1. The van der Waals surface area contributed by atoms with Crippen LogP contribution in [-0.4, -0.2) is 80.4 Å². The number of aromatic nitrogens is 4. The normalized spacial score (nSPS) is 25.6. The monoisotopic (exact) mass is 487 g/mol. The number of hydrogen-bond donors (Lipinski definition) is 7. The first-order valence-electron chi connectivity index (χ1n) is 8.10. The fourth-order valence-corrected chi connectivity index (χ4v) is 4.08. The fourth-order valence-electron chi connectivity index (χ4n) is 2.48. The largest absolute Gasteiger partial charge is 0.481 e. The van der Waals surface area contributed by atoms with Gasteiger partial charge in [-0.1, -0.05) is 0 Å². The number of imidazole rings is 1. The molecule has 19 heteroatoms. The van der Waals surface area contributed by atoms with E-state index in [4.69, 9.17) is 30.2 Å². The van der Waals surface area contributed by atoms with E-state index in [2.05, 4.69) is 23.8 Å². The lowest BCUT2D eigenvalue weighted by Crippen LogP contribution is -2.33. The Morgan fingerprint density at radius 1 is 1.23 bits per heavy atom. The predicted molar refractivity (Wildman–Crippen MR) is 97.9 cm³/mol. The average Bonchev–Trinajstić information content (AvgIpc) is 3.14. The summed E-state index contributed by atoms with van der Waals surface area (Å²) in [5.74, 6) is -0.748. The molecule has 31 heavy (non-hydrogen) atoms. The molecular formula is C12H19N5O12P2. The van der Waals surface area contributed by atoms with Gasteiger partial charge in [-0.3, -0.25) is 13.9 Å². The van der Waals surface area contributed by atoms with Crippen molar-refractivity contribution in [2.45, 2.75) is 31.5 Å². The third kappa shape index (κ3) is 6.72. The van der Waals surface area contributed by atoms with E-state index in [1.807, 2.05) is 0 Å². The highest BCUT2D eigenvalue weighted by Crippen LogP contribution is 2.57. The van der Waals surface area contributed by atoms with Crippen LogP contribution in [0.2, 0.25) is 0 Å². The number of phosphoric acid groups is 2. The van der Waals surface area contributed by atoms with Gasteiger partial charge in [0.15, 0.2) is 17.7 Å². The van der Waals surface area contributed by atoms with E-state index in [-0.39, 0.29) is 17.0 Å². The highest BCUT2D eigenvalue weighted by molar-refractivity contribution is 7.60. The van der Waals surface area contributed by atoms with Crippen LogP contribution in [0.5, 0.6) is 0 Å². The number of aliphatic hydroxyl groups is 2. The molecule has 0 amide bonds. The standard InChI is InChI=1S/C10H15N5O10P2.C2H4O2/c11-8-5-9(13-2-12-8)15(3-14-5)10-7(17)6(16)4(24-10)1-23-27(21,22)25-26(18,19)20;1-2(3)4/h2-4,6-7,10,16-17H,1H2,(H,21,22)(H2,11,12,13)(H2,18,19,20);1H3,(H,3,4)/t4-,6-,7-,10-;/m1./s1. The summed E-state index contributed by atoms with van der Waals surface area (Å²) < 4.78 is 36.8. The van der Waals surface area contributed by atoms with Gasteiger partial charge < -0.3 is 40.5 Å². The molecule has 2 aromatic rings. The van der Waals surface area contributed by atoms with Crippen LogP contribution in [0.15, 0.2) is 12.7 Å². The SMILES string of the molecule is CC(=O)O.Nc1ncnc2c1ncn2[C@@H]1O[C@H](COP(=O)(O)OP(=O)(O)O)[C@@H](O)[C@H]1O. The second-order valence-electron chi connectivity index (χ2n) is 5.98. The number of phosphoric ester groups is 1. The average molecular weight is 487 g/mol. The molecule has 0 aliphatic carbocycles. The molecule has 0 radical (unpaired) electrons. The van der Waals surface area contributed by atoms with E-state index >= 15 is 0 Å². The molecular weight excluding hydrogens is 468 g/mol. The lowest BCUT2D eigenvalue weighted by atomic mass is 10.1. The lowest BCUT2D eigenvalue weighted by Gasteiger charge is -2.17. The molecule has 0 aromatic carbocycles. The Kier molecular flexibility index (Phi) is 7.83. The van der Waals surface area contributed by atoms with Crippen molar-refractivity contribution in [1.82, 2.24) is 19.5 Å². The van der Waals surface area contributed by atoms with E-state index in [9.17, 15) is 24.2 Å². The van der Waals surface area contributed by atoms with Gasteiger partial charge in [0, 0.05) is 6.92 Å². The fraction of sp³-hybridized carbons (Fsp3) is 0.500. The zero-order valence-electron chi connectivity index (χ0n) is 15.6. The maximum atomic E-state index is 11.5. The van der Waals surface area contributed by atoms with Gasteiger partial charge in [0.2, 0.25) is 0 Å². The summed E-state index contributed by atoms with van der Waals surface area (Å²) in [6, 6.07) is 0. The Balaban J connectivity index is 0.000000785. The third-order valence-corrected chi connectivity index (χ3v) is 5.76. The minimum absolute atomic E-state index is 0.0856. The highest BCUT2D eigenvalue weighted by Gasteiger charge is 2.46. The van der Waals surface area contributed by atoms with E-state index in [1.165, 1.54) is 10.9 Å². The van der Waals surface area contributed by atoms with Crippen molar-refractivity contribution in [3.05, 3.63) is 12.7 Å². The first kappa shape index (κ1) is 25.2. The highest BCUT2D eigenvalue weighted by atomic mass is 31.3. The van der Waals surface area contributed by atoms with Crippen LogP contribution in [0.4, 0.5) is 5.82 Å². The molecule has 5 atom stereocenters. The number of hydrogen-bond acceptors (Lipinski definition) is 12. The van der Waals surface area contributed by atoms with Crippen LogP contribution in [0, 0.1) is 0 Å². The summed E-state index contributed by atoms with van der Waals surface area (Å²) in [4.78, 5) is 47.1. The number of rotatable bonds is 6. The molecule has 0 saturated carbocycles. The van der Waals surface area contributed by atoms with Crippen molar-refractivity contribution >= 4 is 38.6 Å². The van der Waals surface area contributed by atoms with Gasteiger partial charge in [0.05, 0.1) is 12.9 Å². The summed E-state index contributed by atoms with van der Waals surface area (Å²) in [5, 5.41) is 27.7. The zero-order chi connectivity index (χ0) is 23.6. The molecule has 2 aromatic heterocycles. The molecule has 3 heterocycles. The van der Waals surface area contributed by atoms with Crippen LogP contribution >= 0.6 is 15.6 Å². The quantitative estimate of drug-likeness (QED) is 0.225. The first-order chi connectivity index (χ1) is 14.2. The van der Waals surface area contributed by atoms with E-state index in [0.717, 1.165) is 13.3 Å². The molecule has 1 aliphatic rings. The Labute approximate surface area is 172 Å². The van der Waals surface area contributed by atoms with Crippen molar-refractivity contribution < 1.29 is 57.5 Å². The topological polar surface area (TPSA) is 270 Å². The first-order valence-corrected chi connectivity index (χ1v) is 11.1. The molecule has 0 spiro atoms. The third-order valence-electron chi connectivity index (χ3n) is 3.61. The lowest BCUT2D eigenvalue weighted by molar-refractivity contribution is -0.134. The zero-order valence-corrected chi connectivity index (χ0v) is 17.4. The molecule has 8 N–H and O–H groups in total. The minimum atomic E-state index is -5.29. The summed E-state index contributed by atoms with van der Waals surface area (Å²) in [6.45, 7) is 0.270. The van der Waals surface area contributed by atoms with Gasteiger partial charge >= 0.3 is 15.6 Å². The molecule has 0 bridgehead atoms. The Bertz CT molecular complexity index is 1020. The summed E-state index contributed by atoms with van der Waals surface area (Å²) in [5.41, 5.74) is 6.11. The second-order valence-corrected chi connectivity index (χ2v) is 8.81. The van der Waals surface area contributed by atoms with Gasteiger partial charge in [-0.25, -0.2) is 24.1 Å². The molecule has 17 nitrogen and oxygen atoms in total. The maximum Gasteiger partial charge on any atom is 0.481 e. The Hall–Kier alpha value is -2.04. The maximum absolute atomic E-state index is 11.5. The van der Waals surface area contributed by atoms with Gasteiger partial charge in [-0.05, 0) is 0 Å². The smallest absolute Gasteiger partial charge is 0.481 e. The number of ether oxygens (including phenoxy) is 1. The van der Waals surface area contributed by atoms with Gasteiger partial charge in [0.1, 0.15) is 30.2 Å². The molecule has 3 rings (SSSR count). The van der Waals surface area contributed by atoms with Gasteiger partial charge in [0.25, 0.3) is 5.97 Å². The number of aliphatic hydroxyl groups excluding tert-OH is 2. The predicted octanol–water partition coefficient (Wildman–Crippen LogP) is -1.66. The molecule has 1 aliphatic heterocycles. The number of anilines is 1. The molecule has 1 saturated heterocycles. The molecule has 174 valence electrons. The Morgan fingerprint density at radius 3 is 2.42 bits per heavy atom. The van der Waals surface area contributed by atoms with Crippen molar-refractivity contribution in [2.75, 3.05) is 12.3 Å². The van der Waals surface area contributed by atoms with Crippen molar-refractivity contribution in [2.24, 2.45) is 0 Å². The van der Waals surface area contributed by atoms with E-state index < -0.39 is 52.8 Å². The van der Waals surface area contributed by atoms with Gasteiger partial charge in [-0.15, -0.1) is 0 Å². The summed E-state index contributed by atoms with van der Waals surface area (Å²) >= 11 is 0. The van der Waals surface area contributed by atoms with E-state index in [1.54, 1.807) is 0 Å².